The second-order valence-electron chi connectivity index (χ2n) is 4.48. The van der Waals surface area contributed by atoms with Crippen LogP contribution in [-0.4, -0.2) is 16.5 Å². The lowest BCUT2D eigenvalue weighted by Crippen LogP contribution is -1.92. The molecule has 0 aliphatic rings. The Labute approximate surface area is 126 Å². The molecule has 0 fully saturated rings. The van der Waals surface area contributed by atoms with Crippen molar-refractivity contribution in [1.29, 1.82) is 0 Å². The summed E-state index contributed by atoms with van der Waals surface area (Å²) >= 11 is 6.94. The molecule has 1 nitrogen and oxygen atoms in total. The van der Waals surface area contributed by atoms with Gasteiger partial charge in [0, 0.05) is 19.7 Å². The lowest BCUT2D eigenvalue weighted by Gasteiger charge is -2.15. The molecule has 4 heteroatoms. The average Bonchev–Trinajstić information content (AvgIpc) is 2.60. The van der Waals surface area contributed by atoms with Crippen LogP contribution in [0.4, 0.5) is 0 Å². The Bertz CT molecular complexity index is 687. The van der Waals surface area contributed by atoms with Crippen LogP contribution in [0, 0.1) is 0 Å². The normalized spacial score (nSPS) is 12.3. The number of nitrogens with zero attached hydrogens (tertiary/aromatic N) is 1. The summed E-state index contributed by atoms with van der Waals surface area (Å²) in [6, 6.07) is 13.1. The third-order valence-corrected chi connectivity index (χ3v) is 5.28. The van der Waals surface area contributed by atoms with Crippen LogP contribution in [0.15, 0.2) is 45.3 Å². The summed E-state index contributed by atoms with van der Waals surface area (Å²) in [6.45, 7) is 0. The zero-order valence-electron chi connectivity index (χ0n) is 10.1. The van der Waals surface area contributed by atoms with E-state index in [1.54, 1.807) is 0 Å². The number of aromatic nitrogens is 1. The molecule has 1 heterocycles. The van der Waals surface area contributed by atoms with Gasteiger partial charge in [-0.1, -0.05) is 44.0 Å². The fraction of sp³-hybridized carbons (Fsp3) is 0.143. The molecular formula is C14H13Br2NS. The predicted molar refractivity (Wildman–Crippen MR) is 91.1 cm³/mol. The highest BCUT2D eigenvalue weighted by Crippen LogP contribution is 2.38. The molecule has 0 atom stereocenters. The molecule has 0 unspecified atom stereocenters. The average molecular weight is 387 g/mol. The summed E-state index contributed by atoms with van der Waals surface area (Å²) < 4.78 is 4.72. The fourth-order valence-electron chi connectivity index (χ4n) is 2.38. The molecular weight excluding hydrogens is 374 g/mol. The summed E-state index contributed by atoms with van der Waals surface area (Å²) in [5.41, 5.74) is 2.63. The van der Waals surface area contributed by atoms with E-state index in [0.29, 0.717) is 0 Å². The number of fused-ring (bicyclic) bond motifs is 3. The number of benzene rings is 2. The van der Waals surface area contributed by atoms with E-state index in [1.807, 2.05) is 0 Å². The van der Waals surface area contributed by atoms with E-state index < -0.39 is 0 Å². The van der Waals surface area contributed by atoms with Gasteiger partial charge in [0.25, 0.3) is 0 Å². The molecule has 0 saturated heterocycles. The van der Waals surface area contributed by atoms with Crippen LogP contribution in [0.5, 0.6) is 0 Å². The van der Waals surface area contributed by atoms with Crippen molar-refractivity contribution in [3.05, 3.63) is 45.3 Å². The smallest absolute Gasteiger partial charge is 0.0595 e. The highest BCUT2D eigenvalue weighted by molar-refractivity contribution is 9.10. The van der Waals surface area contributed by atoms with Gasteiger partial charge in [-0.3, -0.25) is 0 Å². The highest BCUT2D eigenvalue weighted by atomic mass is 79.9. The first-order valence-electron chi connectivity index (χ1n) is 5.65. The van der Waals surface area contributed by atoms with Gasteiger partial charge in [-0.05, 0) is 36.8 Å². The highest BCUT2D eigenvalue weighted by Gasteiger charge is 2.12. The second kappa shape index (κ2) is 4.58. The van der Waals surface area contributed by atoms with Crippen LogP contribution in [0.3, 0.4) is 0 Å². The first kappa shape index (κ1) is 12.6. The quantitative estimate of drug-likeness (QED) is 0.538. The lowest BCUT2D eigenvalue weighted by molar-refractivity contribution is 1.40. The second-order valence-corrected chi connectivity index (χ2v) is 8.41. The van der Waals surface area contributed by atoms with Crippen LogP contribution >= 0.6 is 42.9 Å². The van der Waals surface area contributed by atoms with Gasteiger partial charge >= 0.3 is 0 Å². The minimum atomic E-state index is -0.208. The van der Waals surface area contributed by atoms with Gasteiger partial charge in [-0.25, -0.2) is 0 Å². The van der Waals surface area contributed by atoms with E-state index in [2.05, 4.69) is 84.7 Å². The van der Waals surface area contributed by atoms with Gasteiger partial charge in [0.15, 0.2) is 0 Å². The van der Waals surface area contributed by atoms with Gasteiger partial charge in [-0.15, -0.1) is 0 Å². The molecule has 94 valence electrons. The van der Waals surface area contributed by atoms with Gasteiger partial charge in [0.1, 0.15) is 0 Å². The molecule has 1 aromatic heterocycles. The van der Waals surface area contributed by atoms with Crippen molar-refractivity contribution < 1.29 is 0 Å². The third kappa shape index (κ3) is 1.91. The molecule has 0 radical (unpaired) electrons. The topological polar surface area (TPSA) is 4.93 Å². The number of rotatable bonds is 1. The number of hydrogen-bond acceptors (Lipinski definition) is 0. The standard InChI is InChI=1S/C14H13Br2NS/c1-18(2)17-13-7-9(15)3-5-11(13)12-6-4-10(16)8-14(12)17/h3-8,18H,1-2H3. The first-order valence-corrected chi connectivity index (χ1v) is 9.42. The molecule has 0 aliphatic carbocycles. The van der Waals surface area contributed by atoms with Crippen molar-refractivity contribution in [3.63, 3.8) is 0 Å². The van der Waals surface area contributed by atoms with Crippen LogP contribution in [0.1, 0.15) is 0 Å². The maximum absolute atomic E-state index is 3.57. The SMILES string of the molecule is C[SH](C)n1c2cc(Br)ccc2c2ccc(Br)cc21. The van der Waals surface area contributed by atoms with E-state index in [9.17, 15) is 0 Å². The molecule has 0 saturated carbocycles. The first-order chi connectivity index (χ1) is 8.58. The summed E-state index contributed by atoms with van der Waals surface area (Å²) in [7, 11) is 0. The predicted octanol–water partition coefficient (Wildman–Crippen LogP) is 5.34. The maximum Gasteiger partial charge on any atom is 0.0595 e. The number of halogens is 2. The Morgan fingerprint density at radius 3 is 1.67 bits per heavy atom. The number of hydrogen-bond donors (Lipinski definition) is 1. The molecule has 2 aromatic carbocycles. The molecule has 0 amide bonds. The monoisotopic (exact) mass is 385 g/mol. The maximum atomic E-state index is 3.57. The Balaban J connectivity index is 2.56. The van der Waals surface area contributed by atoms with Gasteiger partial charge < -0.3 is 3.97 Å². The van der Waals surface area contributed by atoms with Crippen molar-refractivity contribution in [2.45, 2.75) is 0 Å². The van der Waals surface area contributed by atoms with E-state index in [0.717, 1.165) is 8.95 Å². The lowest BCUT2D eigenvalue weighted by atomic mass is 10.2. The van der Waals surface area contributed by atoms with Crippen molar-refractivity contribution in [1.82, 2.24) is 3.97 Å². The van der Waals surface area contributed by atoms with Crippen molar-refractivity contribution >= 4 is 64.7 Å². The van der Waals surface area contributed by atoms with Crippen LogP contribution < -0.4 is 0 Å². The molecule has 3 rings (SSSR count). The zero-order valence-corrected chi connectivity index (χ0v) is 14.2. The van der Waals surface area contributed by atoms with Gasteiger partial charge in [-0.2, -0.15) is 11.1 Å². The molecule has 0 aliphatic heterocycles. The van der Waals surface area contributed by atoms with E-state index >= 15 is 0 Å². The van der Waals surface area contributed by atoms with Gasteiger partial charge in [0.2, 0.25) is 0 Å². The summed E-state index contributed by atoms with van der Waals surface area (Å²) in [5.74, 6) is 0. The summed E-state index contributed by atoms with van der Waals surface area (Å²) in [6.07, 6.45) is 4.58. The van der Waals surface area contributed by atoms with E-state index in [4.69, 9.17) is 0 Å². The molecule has 3 aromatic rings. The Kier molecular flexibility index (Phi) is 3.20. The van der Waals surface area contributed by atoms with E-state index in [-0.39, 0.29) is 11.1 Å². The molecule has 0 spiro atoms. The van der Waals surface area contributed by atoms with E-state index in [1.165, 1.54) is 21.8 Å². The molecule has 0 N–H and O–H groups in total. The largest absolute Gasteiger partial charge is 0.305 e. The molecule has 0 bridgehead atoms. The summed E-state index contributed by atoms with van der Waals surface area (Å²) in [5, 5.41) is 2.66. The third-order valence-electron chi connectivity index (χ3n) is 3.07. The van der Waals surface area contributed by atoms with Crippen molar-refractivity contribution in [3.8, 4) is 0 Å². The molecule has 18 heavy (non-hydrogen) atoms. The minimum absolute atomic E-state index is 0.208. The van der Waals surface area contributed by atoms with Crippen molar-refractivity contribution in [2.24, 2.45) is 0 Å². The number of thiol groups is 1. The fourth-order valence-corrected chi connectivity index (χ4v) is 4.27. The minimum Gasteiger partial charge on any atom is -0.305 e. The Morgan fingerprint density at radius 1 is 0.833 bits per heavy atom. The van der Waals surface area contributed by atoms with Gasteiger partial charge in [0.05, 0.1) is 11.0 Å². The summed E-state index contributed by atoms with van der Waals surface area (Å²) in [4.78, 5) is 0. The van der Waals surface area contributed by atoms with Crippen molar-refractivity contribution in [2.75, 3.05) is 12.5 Å². The Hall–Kier alpha value is -0.450. The van der Waals surface area contributed by atoms with Crippen LogP contribution in [0.2, 0.25) is 0 Å². The zero-order chi connectivity index (χ0) is 12.9. The van der Waals surface area contributed by atoms with Crippen LogP contribution in [0.25, 0.3) is 21.8 Å². The van der Waals surface area contributed by atoms with Crippen LogP contribution in [-0.2, 0) is 0 Å². The Morgan fingerprint density at radius 2 is 1.28 bits per heavy atom.